The van der Waals surface area contributed by atoms with Crippen molar-refractivity contribution in [2.45, 2.75) is 25.8 Å². The van der Waals surface area contributed by atoms with Gasteiger partial charge in [-0.15, -0.1) is 0 Å². The van der Waals surface area contributed by atoms with Crippen LogP contribution >= 0.6 is 11.6 Å². The van der Waals surface area contributed by atoms with E-state index in [1.54, 1.807) is 6.07 Å². The molecule has 1 aliphatic heterocycles. The maximum absolute atomic E-state index is 12.6. The van der Waals surface area contributed by atoms with Crippen LogP contribution in [0.2, 0.25) is 5.02 Å². The summed E-state index contributed by atoms with van der Waals surface area (Å²) in [7, 11) is 0. The van der Waals surface area contributed by atoms with Crippen molar-refractivity contribution in [1.29, 1.82) is 0 Å². The first-order chi connectivity index (χ1) is 12.1. The van der Waals surface area contributed by atoms with Crippen LogP contribution in [0.4, 0.5) is 0 Å². The van der Waals surface area contributed by atoms with Gasteiger partial charge >= 0.3 is 0 Å². The Labute approximate surface area is 152 Å². The van der Waals surface area contributed by atoms with Crippen molar-refractivity contribution in [3.8, 4) is 22.6 Å². The van der Waals surface area contributed by atoms with Crippen molar-refractivity contribution >= 4 is 17.5 Å². The third-order valence-corrected chi connectivity index (χ3v) is 5.27. The molecule has 0 atom stereocenters. The van der Waals surface area contributed by atoms with Gasteiger partial charge in [-0.2, -0.15) is 0 Å². The van der Waals surface area contributed by atoms with Crippen molar-refractivity contribution in [1.82, 2.24) is 4.90 Å². The SMILES string of the molecule is O=C(C1CCC1)N1CCOc2c(O)cc(-c3cccc(Cl)c3)cc2C1. The molecule has 1 N–H and O–H groups in total. The summed E-state index contributed by atoms with van der Waals surface area (Å²) in [4.78, 5) is 14.5. The Morgan fingerprint density at radius 2 is 2.04 bits per heavy atom. The molecule has 1 saturated carbocycles. The molecule has 2 aromatic carbocycles. The summed E-state index contributed by atoms with van der Waals surface area (Å²) in [5.41, 5.74) is 2.62. The van der Waals surface area contributed by atoms with E-state index in [1.165, 1.54) is 0 Å². The Balaban J connectivity index is 1.68. The topological polar surface area (TPSA) is 49.8 Å². The van der Waals surface area contributed by atoms with Crippen LogP contribution < -0.4 is 4.74 Å². The van der Waals surface area contributed by atoms with Gasteiger partial charge < -0.3 is 14.7 Å². The number of carbonyl (C=O) groups excluding carboxylic acids is 1. The van der Waals surface area contributed by atoms with E-state index in [0.717, 1.165) is 36.0 Å². The van der Waals surface area contributed by atoms with Crippen LogP contribution in [0.5, 0.6) is 11.5 Å². The number of nitrogens with zero attached hydrogens (tertiary/aromatic N) is 1. The van der Waals surface area contributed by atoms with Crippen molar-refractivity contribution in [2.75, 3.05) is 13.2 Å². The van der Waals surface area contributed by atoms with E-state index in [-0.39, 0.29) is 17.6 Å². The van der Waals surface area contributed by atoms with Crippen LogP contribution in [0.15, 0.2) is 36.4 Å². The number of hydrogen-bond donors (Lipinski definition) is 1. The average molecular weight is 358 g/mol. The molecule has 1 aliphatic carbocycles. The molecule has 0 bridgehead atoms. The Bertz CT molecular complexity index is 817. The maximum Gasteiger partial charge on any atom is 0.226 e. The minimum atomic E-state index is 0.102. The molecular formula is C20H20ClNO3. The molecule has 0 aromatic heterocycles. The lowest BCUT2D eigenvalue weighted by atomic mass is 9.84. The first-order valence-corrected chi connectivity index (χ1v) is 9.03. The summed E-state index contributed by atoms with van der Waals surface area (Å²) in [6.07, 6.45) is 3.10. The van der Waals surface area contributed by atoms with Gasteiger partial charge in [0.1, 0.15) is 6.61 Å². The van der Waals surface area contributed by atoms with Gasteiger partial charge in [0.05, 0.1) is 6.54 Å². The number of ether oxygens (including phenoxy) is 1. The van der Waals surface area contributed by atoms with Crippen LogP contribution in [0.1, 0.15) is 24.8 Å². The molecule has 2 aliphatic rings. The largest absolute Gasteiger partial charge is 0.504 e. The fourth-order valence-electron chi connectivity index (χ4n) is 3.44. The number of aromatic hydroxyl groups is 1. The minimum Gasteiger partial charge on any atom is -0.504 e. The quantitative estimate of drug-likeness (QED) is 0.874. The Kier molecular flexibility index (Phi) is 4.30. The number of carbonyl (C=O) groups is 1. The molecule has 4 rings (SSSR count). The molecule has 1 heterocycles. The van der Waals surface area contributed by atoms with Gasteiger partial charge in [-0.05, 0) is 48.2 Å². The molecule has 4 nitrogen and oxygen atoms in total. The summed E-state index contributed by atoms with van der Waals surface area (Å²) >= 11 is 6.09. The predicted molar refractivity (Wildman–Crippen MR) is 96.8 cm³/mol. The van der Waals surface area contributed by atoms with Crippen molar-refractivity contribution < 1.29 is 14.6 Å². The molecule has 25 heavy (non-hydrogen) atoms. The number of phenols is 1. The fourth-order valence-corrected chi connectivity index (χ4v) is 3.63. The first kappa shape index (κ1) is 16.3. The van der Waals surface area contributed by atoms with Crippen molar-refractivity contribution in [2.24, 2.45) is 5.92 Å². The highest BCUT2D eigenvalue weighted by Crippen LogP contribution is 2.39. The number of phenolic OH excluding ortho intramolecular Hbond substituents is 1. The van der Waals surface area contributed by atoms with Gasteiger partial charge in [-0.1, -0.05) is 30.2 Å². The smallest absolute Gasteiger partial charge is 0.226 e. The van der Waals surface area contributed by atoms with E-state index in [4.69, 9.17) is 16.3 Å². The Morgan fingerprint density at radius 3 is 2.76 bits per heavy atom. The van der Waals surface area contributed by atoms with Crippen molar-refractivity contribution in [3.63, 3.8) is 0 Å². The molecular weight excluding hydrogens is 338 g/mol. The fraction of sp³-hybridized carbons (Fsp3) is 0.350. The molecule has 0 radical (unpaired) electrons. The van der Waals surface area contributed by atoms with Crippen LogP contribution in [0.3, 0.4) is 0 Å². The summed E-state index contributed by atoms with van der Waals surface area (Å²) in [5, 5.41) is 11.1. The van der Waals surface area contributed by atoms with Crippen LogP contribution in [-0.2, 0) is 11.3 Å². The molecule has 0 saturated heterocycles. The van der Waals surface area contributed by atoms with E-state index in [0.29, 0.717) is 30.5 Å². The Morgan fingerprint density at radius 1 is 1.20 bits per heavy atom. The highest BCUT2D eigenvalue weighted by atomic mass is 35.5. The number of amides is 1. The van der Waals surface area contributed by atoms with E-state index in [1.807, 2.05) is 35.2 Å². The zero-order valence-corrected chi connectivity index (χ0v) is 14.6. The maximum atomic E-state index is 12.6. The number of benzene rings is 2. The second-order valence-corrected chi connectivity index (χ2v) is 7.17. The van der Waals surface area contributed by atoms with E-state index in [9.17, 15) is 9.90 Å². The van der Waals surface area contributed by atoms with Gasteiger partial charge in [0.15, 0.2) is 11.5 Å². The molecule has 1 fully saturated rings. The van der Waals surface area contributed by atoms with Gasteiger partial charge in [-0.3, -0.25) is 4.79 Å². The molecule has 0 unspecified atom stereocenters. The first-order valence-electron chi connectivity index (χ1n) is 8.65. The lowest BCUT2D eigenvalue weighted by molar-refractivity contribution is -0.138. The van der Waals surface area contributed by atoms with Crippen LogP contribution in [0.25, 0.3) is 11.1 Å². The number of halogens is 1. The minimum absolute atomic E-state index is 0.102. The van der Waals surface area contributed by atoms with E-state index in [2.05, 4.69) is 0 Å². The standard InChI is InChI=1S/C20H20ClNO3/c21-17-6-2-5-14(10-17)15-9-16-12-22(20(24)13-3-1-4-13)7-8-25-19(16)18(23)11-15/h2,5-6,9-11,13,23H,1,3-4,7-8,12H2. The van der Waals surface area contributed by atoms with E-state index >= 15 is 0 Å². The summed E-state index contributed by atoms with van der Waals surface area (Å²) in [5.74, 6) is 0.946. The average Bonchev–Trinajstić information content (AvgIpc) is 2.76. The van der Waals surface area contributed by atoms with Gasteiger partial charge in [0.2, 0.25) is 5.91 Å². The third kappa shape index (κ3) is 3.19. The number of rotatable bonds is 2. The highest BCUT2D eigenvalue weighted by molar-refractivity contribution is 6.30. The third-order valence-electron chi connectivity index (χ3n) is 5.04. The van der Waals surface area contributed by atoms with Crippen LogP contribution in [0, 0.1) is 5.92 Å². The summed E-state index contributed by atoms with van der Waals surface area (Å²) < 4.78 is 5.74. The van der Waals surface area contributed by atoms with Gasteiger partial charge in [0.25, 0.3) is 0 Å². The summed E-state index contributed by atoms with van der Waals surface area (Å²) in [6, 6.07) is 11.2. The second-order valence-electron chi connectivity index (χ2n) is 6.73. The normalized spacial score (nSPS) is 17.2. The van der Waals surface area contributed by atoms with Crippen molar-refractivity contribution in [3.05, 3.63) is 47.0 Å². The second kappa shape index (κ2) is 6.60. The lowest BCUT2D eigenvalue weighted by Gasteiger charge is -2.30. The monoisotopic (exact) mass is 357 g/mol. The lowest BCUT2D eigenvalue weighted by Crippen LogP contribution is -2.39. The molecule has 0 spiro atoms. The Hall–Kier alpha value is -2.20. The molecule has 2 aromatic rings. The van der Waals surface area contributed by atoms with Gasteiger partial charge in [-0.25, -0.2) is 0 Å². The number of fused-ring (bicyclic) bond motifs is 1. The number of hydrogen-bond acceptors (Lipinski definition) is 3. The molecule has 130 valence electrons. The van der Waals surface area contributed by atoms with Crippen LogP contribution in [-0.4, -0.2) is 29.1 Å². The van der Waals surface area contributed by atoms with E-state index < -0.39 is 0 Å². The predicted octanol–water partition coefficient (Wildman–Crippen LogP) is 4.23. The summed E-state index contributed by atoms with van der Waals surface area (Å²) in [6.45, 7) is 1.41. The highest BCUT2D eigenvalue weighted by Gasteiger charge is 2.31. The zero-order chi connectivity index (χ0) is 17.4. The van der Waals surface area contributed by atoms with Gasteiger partial charge in [0, 0.05) is 23.0 Å². The molecule has 5 heteroatoms. The zero-order valence-electron chi connectivity index (χ0n) is 13.9. The molecule has 1 amide bonds.